The SMILES string of the molecule is CCn1c(CN2C[C@@H](C)C[C@H](C)C2)nc2cc(S(=O)(=O)N3CCCCC3)ccc21. The van der Waals surface area contributed by atoms with E-state index in [1.165, 1.54) is 6.42 Å². The summed E-state index contributed by atoms with van der Waals surface area (Å²) in [7, 11) is -3.43. The van der Waals surface area contributed by atoms with E-state index in [1.54, 1.807) is 16.4 Å². The Morgan fingerprint density at radius 1 is 1.07 bits per heavy atom. The van der Waals surface area contributed by atoms with Crippen molar-refractivity contribution in [2.24, 2.45) is 11.8 Å². The molecule has 160 valence electrons. The minimum absolute atomic E-state index is 0.374. The zero-order chi connectivity index (χ0) is 20.6. The third-order valence-corrected chi connectivity index (χ3v) is 8.27. The van der Waals surface area contributed by atoms with Gasteiger partial charge in [-0.25, -0.2) is 13.4 Å². The van der Waals surface area contributed by atoms with E-state index in [2.05, 4.69) is 30.2 Å². The van der Waals surface area contributed by atoms with Crippen LogP contribution in [0.25, 0.3) is 11.0 Å². The Morgan fingerprint density at radius 3 is 2.41 bits per heavy atom. The second kappa shape index (κ2) is 8.36. The molecule has 0 saturated carbocycles. The predicted octanol–water partition coefficient (Wildman–Crippen LogP) is 3.71. The van der Waals surface area contributed by atoms with Crippen LogP contribution in [0.5, 0.6) is 0 Å². The molecule has 3 heterocycles. The quantitative estimate of drug-likeness (QED) is 0.743. The van der Waals surface area contributed by atoms with E-state index in [4.69, 9.17) is 4.98 Å². The van der Waals surface area contributed by atoms with Crippen LogP contribution in [-0.4, -0.2) is 53.4 Å². The van der Waals surface area contributed by atoms with Crippen molar-refractivity contribution in [2.75, 3.05) is 26.2 Å². The van der Waals surface area contributed by atoms with Gasteiger partial charge in [0, 0.05) is 32.7 Å². The van der Waals surface area contributed by atoms with Crippen LogP contribution in [0.1, 0.15) is 52.3 Å². The number of piperidine rings is 2. The molecule has 7 heteroatoms. The molecule has 6 nitrogen and oxygen atoms in total. The number of imidazole rings is 1. The standard InChI is InChI=1S/C22H34N4O2S/c1-4-26-21-9-8-19(29(27,28)25-10-6-5-7-11-25)13-20(21)23-22(26)16-24-14-17(2)12-18(3)15-24/h8-9,13,17-18H,4-7,10-12,14-16H2,1-3H3/t17-,18-/m0/s1. The number of likely N-dealkylation sites (tertiary alicyclic amines) is 1. The Labute approximate surface area is 174 Å². The fourth-order valence-electron chi connectivity index (χ4n) is 5.17. The number of hydrogen-bond acceptors (Lipinski definition) is 4. The minimum atomic E-state index is -3.43. The molecule has 1 aromatic carbocycles. The lowest BCUT2D eigenvalue weighted by molar-refractivity contribution is 0.130. The molecule has 2 fully saturated rings. The van der Waals surface area contributed by atoms with Crippen LogP contribution < -0.4 is 0 Å². The van der Waals surface area contributed by atoms with Gasteiger partial charge in [-0.15, -0.1) is 0 Å². The van der Waals surface area contributed by atoms with Crippen molar-refractivity contribution in [1.82, 2.24) is 18.8 Å². The zero-order valence-electron chi connectivity index (χ0n) is 18.0. The molecule has 4 rings (SSSR count). The van der Waals surface area contributed by atoms with Gasteiger partial charge in [-0.2, -0.15) is 4.31 Å². The van der Waals surface area contributed by atoms with Crippen LogP contribution >= 0.6 is 0 Å². The molecule has 2 aliphatic heterocycles. The van der Waals surface area contributed by atoms with Crippen molar-refractivity contribution >= 4 is 21.1 Å². The van der Waals surface area contributed by atoms with E-state index >= 15 is 0 Å². The molecule has 2 atom stereocenters. The number of aromatic nitrogens is 2. The van der Waals surface area contributed by atoms with Crippen LogP contribution in [-0.2, 0) is 23.1 Å². The Balaban J connectivity index is 1.64. The van der Waals surface area contributed by atoms with Gasteiger partial charge in [-0.3, -0.25) is 4.90 Å². The monoisotopic (exact) mass is 418 g/mol. The molecule has 1 aromatic heterocycles. The molecule has 2 saturated heterocycles. The molecule has 29 heavy (non-hydrogen) atoms. The van der Waals surface area contributed by atoms with Crippen LogP contribution in [0, 0.1) is 11.8 Å². The van der Waals surface area contributed by atoms with Gasteiger partial charge in [-0.1, -0.05) is 20.3 Å². The number of rotatable bonds is 5. The summed E-state index contributed by atoms with van der Waals surface area (Å²) >= 11 is 0. The second-order valence-electron chi connectivity index (χ2n) is 9.03. The smallest absolute Gasteiger partial charge is 0.243 e. The fraction of sp³-hybridized carbons (Fsp3) is 0.682. The summed E-state index contributed by atoms with van der Waals surface area (Å²) in [5.74, 6) is 2.45. The van der Waals surface area contributed by atoms with Gasteiger partial charge in [0.1, 0.15) is 5.82 Å². The van der Waals surface area contributed by atoms with E-state index in [1.807, 2.05) is 6.07 Å². The maximum absolute atomic E-state index is 13.1. The van der Waals surface area contributed by atoms with Gasteiger partial charge in [-0.05, 0) is 56.2 Å². The average Bonchev–Trinajstić information content (AvgIpc) is 3.03. The van der Waals surface area contributed by atoms with E-state index in [0.29, 0.717) is 29.8 Å². The van der Waals surface area contributed by atoms with Crippen molar-refractivity contribution in [2.45, 2.75) is 64.4 Å². The first-order chi connectivity index (χ1) is 13.9. The summed E-state index contributed by atoms with van der Waals surface area (Å²) in [5, 5.41) is 0. The fourth-order valence-corrected chi connectivity index (χ4v) is 6.71. The summed E-state index contributed by atoms with van der Waals surface area (Å²) in [6.07, 6.45) is 4.30. The highest BCUT2D eigenvalue weighted by atomic mass is 32.2. The predicted molar refractivity (Wildman–Crippen MR) is 116 cm³/mol. The van der Waals surface area contributed by atoms with Crippen LogP contribution in [0.15, 0.2) is 23.1 Å². The first-order valence-electron chi connectivity index (χ1n) is 11.1. The Morgan fingerprint density at radius 2 is 1.76 bits per heavy atom. The third kappa shape index (κ3) is 4.23. The first kappa shape index (κ1) is 20.8. The number of sulfonamides is 1. The molecule has 0 spiro atoms. The van der Waals surface area contributed by atoms with Gasteiger partial charge in [0.05, 0.1) is 22.5 Å². The summed E-state index contributed by atoms with van der Waals surface area (Å²) < 4.78 is 30.0. The Bertz CT molecular complexity index is 953. The molecule has 0 aliphatic carbocycles. The Kier molecular flexibility index (Phi) is 6.00. The van der Waals surface area contributed by atoms with Crippen molar-refractivity contribution in [3.63, 3.8) is 0 Å². The number of nitrogens with zero attached hydrogens (tertiary/aromatic N) is 4. The van der Waals surface area contributed by atoms with Gasteiger partial charge in [0.15, 0.2) is 0 Å². The maximum atomic E-state index is 13.1. The Hall–Kier alpha value is -1.44. The van der Waals surface area contributed by atoms with Gasteiger partial charge >= 0.3 is 0 Å². The molecular formula is C22H34N4O2S. The zero-order valence-corrected chi connectivity index (χ0v) is 18.8. The summed E-state index contributed by atoms with van der Waals surface area (Å²) in [5.41, 5.74) is 1.82. The largest absolute Gasteiger partial charge is 0.327 e. The van der Waals surface area contributed by atoms with Crippen molar-refractivity contribution < 1.29 is 8.42 Å². The summed E-state index contributed by atoms with van der Waals surface area (Å²) in [4.78, 5) is 7.76. The van der Waals surface area contributed by atoms with E-state index < -0.39 is 10.0 Å². The molecule has 0 N–H and O–H groups in total. The molecule has 0 amide bonds. The van der Waals surface area contributed by atoms with Crippen molar-refractivity contribution in [3.8, 4) is 0 Å². The molecular weight excluding hydrogens is 384 g/mol. The summed E-state index contributed by atoms with van der Waals surface area (Å²) in [6.45, 7) is 11.9. The van der Waals surface area contributed by atoms with E-state index in [-0.39, 0.29) is 0 Å². The van der Waals surface area contributed by atoms with Gasteiger partial charge in [0.2, 0.25) is 10.0 Å². The maximum Gasteiger partial charge on any atom is 0.243 e. The highest BCUT2D eigenvalue weighted by Crippen LogP contribution is 2.27. The lowest BCUT2D eigenvalue weighted by Gasteiger charge is -2.34. The normalized spacial score (nSPS) is 24.9. The highest BCUT2D eigenvalue weighted by Gasteiger charge is 2.27. The number of fused-ring (bicyclic) bond motifs is 1. The molecule has 0 bridgehead atoms. The van der Waals surface area contributed by atoms with Gasteiger partial charge < -0.3 is 4.57 Å². The second-order valence-corrected chi connectivity index (χ2v) is 11.0. The molecule has 2 aromatic rings. The minimum Gasteiger partial charge on any atom is -0.327 e. The van der Waals surface area contributed by atoms with Crippen LogP contribution in [0.3, 0.4) is 0 Å². The number of benzene rings is 1. The van der Waals surface area contributed by atoms with E-state index in [0.717, 1.165) is 62.3 Å². The molecule has 2 aliphatic rings. The topological polar surface area (TPSA) is 58.4 Å². The number of hydrogen-bond donors (Lipinski definition) is 0. The van der Waals surface area contributed by atoms with Crippen molar-refractivity contribution in [3.05, 3.63) is 24.0 Å². The average molecular weight is 419 g/mol. The lowest BCUT2D eigenvalue weighted by atomic mass is 9.92. The van der Waals surface area contributed by atoms with E-state index in [9.17, 15) is 8.42 Å². The van der Waals surface area contributed by atoms with Gasteiger partial charge in [0.25, 0.3) is 0 Å². The summed E-state index contributed by atoms with van der Waals surface area (Å²) in [6, 6.07) is 5.47. The number of aryl methyl sites for hydroxylation is 1. The van der Waals surface area contributed by atoms with Crippen LogP contribution in [0.4, 0.5) is 0 Å². The molecule has 0 unspecified atom stereocenters. The van der Waals surface area contributed by atoms with Crippen molar-refractivity contribution in [1.29, 1.82) is 0 Å². The molecule has 0 radical (unpaired) electrons. The highest BCUT2D eigenvalue weighted by molar-refractivity contribution is 7.89. The third-order valence-electron chi connectivity index (χ3n) is 6.38. The first-order valence-corrected chi connectivity index (χ1v) is 12.5. The lowest BCUT2D eigenvalue weighted by Crippen LogP contribution is -2.38. The van der Waals surface area contributed by atoms with Crippen LogP contribution in [0.2, 0.25) is 0 Å².